The van der Waals surface area contributed by atoms with Crippen LogP contribution in [0.5, 0.6) is 0 Å². The fourth-order valence-corrected chi connectivity index (χ4v) is 1.48. The Morgan fingerprint density at radius 3 is 2.43 bits per heavy atom. The van der Waals surface area contributed by atoms with Crippen LogP contribution in [-0.4, -0.2) is 31.8 Å². The molecule has 0 aromatic carbocycles. The number of nitrogens with one attached hydrogen (secondary N) is 1. The maximum absolute atomic E-state index is 12.2. The third-order valence-corrected chi connectivity index (χ3v) is 2.36. The first-order valence-electron chi connectivity index (χ1n) is 4.33. The number of hydrogen-bond donors (Lipinski definition) is 1. The van der Waals surface area contributed by atoms with Crippen LogP contribution in [0.4, 0.5) is 13.2 Å². The lowest BCUT2D eigenvalue weighted by molar-refractivity contribution is -0.181. The lowest BCUT2D eigenvalue weighted by Gasteiger charge is -2.29. The Balaban J connectivity index is 2.43. The maximum Gasteiger partial charge on any atom is 0.393 e. The van der Waals surface area contributed by atoms with Gasteiger partial charge in [-0.1, -0.05) is 0 Å². The van der Waals surface area contributed by atoms with Gasteiger partial charge >= 0.3 is 12.1 Å². The van der Waals surface area contributed by atoms with Crippen LogP contribution in [-0.2, 0) is 9.53 Å². The molecule has 0 amide bonds. The molecule has 1 aliphatic rings. The molecule has 0 saturated carbocycles. The summed E-state index contributed by atoms with van der Waals surface area (Å²) in [5.41, 5.74) is 0. The smallest absolute Gasteiger partial charge is 0.393 e. The van der Waals surface area contributed by atoms with Crippen LogP contribution >= 0.6 is 0 Å². The molecule has 1 fully saturated rings. The summed E-state index contributed by atoms with van der Waals surface area (Å²) in [4.78, 5) is 11.0. The molecule has 0 bridgehead atoms. The number of carbonyl (C=O) groups is 1. The van der Waals surface area contributed by atoms with Crippen molar-refractivity contribution < 1.29 is 22.7 Å². The van der Waals surface area contributed by atoms with Crippen molar-refractivity contribution in [3.8, 4) is 0 Å². The molecule has 3 nitrogen and oxygen atoms in total. The molecule has 2 unspecified atom stereocenters. The van der Waals surface area contributed by atoms with Gasteiger partial charge in [-0.2, -0.15) is 13.2 Å². The molecule has 0 aromatic heterocycles. The standard InChI is InChI=1S/C8H12F3NO2/c1-14-7(13)6-3-2-5(4-12-6)8(9,10)11/h5-6,12H,2-4H2,1H3. The van der Waals surface area contributed by atoms with Crippen molar-refractivity contribution in [3.63, 3.8) is 0 Å². The SMILES string of the molecule is COC(=O)C1CCC(C(F)(F)F)CN1. The first kappa shape index (κ1) is 11.3. The molecule has 1 N–H and O–H groups in total. The van der Waals surface area contributed by atoms with Crippen molar-refractivity contribution in [3.05, 3.63) is 0 Å². The van der Waals surface area contributed by atoms with Gasteiger partial charge in [0, 0.05) is 6.54 Å². The predicted molar refractivity (Wildman–Crippen MR) is 42.6 cm³/mol. The van der Waals surface area contributed by atoms with Gasteiger partial charge in [-0.25, -0.2) is 0 Å². The van der Waals surface area contributed by atoms with Gasteiger partial charge in [0.05, 0.1) is 13.0 Å². The Labute approximate surface area is 79.6 Å². The summed E-state index contributed by atoms with van der Waals surface area (Å²) in [7, 11) is 1.22. The largest absolute Gasteiger partial charge is 0.468 e. The molecule has 82 valence electrons. The van der Waals surface area contributed by atoms with E-state index >= 15 is 0 Å². The molecule has 6 heteroatoms. The zero-order valence-electron chi connectivity index (χ0n) is 7.73. The molecule has 0 radical (unpaired) electrons. The topological polar surface area (TPSA) is 38.3 Å². The number of rotatable bonds is 1. The van der Waals surface area contributed by atoms with E-state index in [9.17, 15) is 18.0 Å². The number of ether oxygens (including phenoxy) is 1. The van der Waals surface area contributed by atoms with E-state index in [-0.39, 0.29) is 19.4 Å². The average Bonchev–Trinajstić information content (AvgIpc) is 2.15. The van der Waals surface area contributed by atoms with E-state index in [1.54, 1.807) is 0 Å². The number of alkyl halides is 3. The second kappa shape index (κ2) is 4.16. The first-order valence-corrected chi connectivity index (χ1v) is 4.33. The maximum atomic E-state index is 12.2. The highest BCUT2D eigenvalue weighted by Gasteiger charge is 2.42. The minimum absolute atomic E-state index is 0.0176. The van der Waals surface area contributed by atoms with E-state index in [0.717, 1.165) is 0 Å². The van der Waals surface area contributed by atoms with Gasteiger partial charge in [0.2, 0.25) is 0 Å². The van der Waals surface area contributed by atoms with E-state index in [0.29, 0.717) is 0 Å². The summed E-state index contributed by atoms with van der Waals surface area (Å²) < 4.78 is 41.0. The van der Waals surface area contributed by atoms with Crippen molar-refractivity contribution in [2.45, 2.75) is 25.1 Å². The molecule has 1 aliphatic heterocycles. The van der Waals surface area contributed by atoms with E-state index in [1.807, 2.05) is 0 Å². The minimum atomic E-state index is -4.17. The highest BCUT2D eigenvalue weighted by atomic mass is 19.4. The number of hydrogen-bond acceptors (Lipinski definition) is 3. The Bertz CT molecular complexity index is 209. The van der Waals surface area contributed by atoms with Crippen LogP contribution in [0.25, 0.3) is 0 Å². The van der Waals surface area contributed by atoms with Crippen LogP contribution in [0.3, 0.4) is 0 Å². The molecule has 0 spiro atoms. The second-order valence-corrected chi connectivity index (χ2v) is 3.30. The molecule has 2 atom stereocenters. The second-order valence-electron chi connectivity index (χ2n) is 3.30. The van der Waals surface area contributed by atoms with Gasteiger partial charge in [-0.15, -0.1) is 0 Å². The van der Waals surface area contributed by atoms with Crippen molar-refractivity contribution >= 4 is 5.97 Å². The van der Waals surface area contributed by atoms with Crippen molar-refractivity contribution in [1.29, 1.82) is 0 Å². The van der Waals surface area contributed by atoms with Crippen molar-refractivity contribution in [1.82, 2.24) is 5.32 Å². The first-order chi connectivity index (χ1) is 6.45. The monoisotopic (exact) mass is 211 g/mol. The van der Waals surface area contributed by atoms with Gasteiger partial charge in [0.25, 0.3) is 0 Å². The zero-order chi connectivity index (χ0) is 10.8. The third kappa shape index (κ3) is 2.60. The van der Waals surface area contributed by atoms with Gasteiger partial charge in [-0.3, -0.25) is 4.79 Å². The summed E-state index contributed by atoms with van der Waals surface area (Å²) >= 11 is 0. The molecule has 0 aliphatic carbocycles. The number of halogens is 3. The van der Waals surface area contributed by atoms with Gasteiger partial charge in [0.15, 0.2) is 0 Å². The Morgan fingerprint density at radius 2 is 2.07 bits per heavy atom. The van der Waals surface area contributed by atoms with Crippen LogP contribution in [0.2, 0.25) is 0 Å². The summed E-state index contributed by atoms with van der Waals surface area (Å²) in [6.07, 6.45) is -4.01. The molecule has 1 rings (SSSR count). The molecule has 1 saturated heterocycles. The minimum Gasteiger partial charge on any atom is -0.468 e. The zero-order valence-corrected chi connectivity index (χ0v) is 7.73. The molecular weight excluding hydrogens is 199 g/mol. The van der Waals surface area contributed by atoms with Gasteiger partial charge < -0.3 is 10.1 Å². The Morgan fingerprint density at radius 1 is 1.43 bits per heavy atom. The third-order valence-electron chi connectivity index (χ3n) is 2.36. The number of piperidine rings is 1. The highest BCUT2D eigenvalue weighted by molar-refractivity contribution is 5.75. The number of esters is 1. The molecule has 1 heterocycles. The van der Waals surface area contributed by atoms with Crippen LogP contribution in [0.15, 0.2) is 0 Å². The van der Waals surface area contributed by atoms with Crippen LogP contribution < -0.4 is 5.32 Å². The lowest BCUT2D eigenvalue weighted by atomic mass is 9.94. The van der Waals surface area contributed by atoms with Crippen LogP contribution in [0.1, 0.15) is 12.8 Å². The lowest BCUT2D eigenvalue weighted by Crippen LogP contribution is -2.48. The number of methoxy groups -OCH3 is 1. The van der Waals surface area contributed by atoms with E-state index in [1.165, 1.54) is 7.11 Å². The Hall–Kier alpha value is -0.780. The van der Waals surface area contributed by atoms with Gasteiger partial charge in [0.1, 0.15) is 6.04 Å². The van der Waals surface area contributed by atoms with E-state index in [2.05, 4.69) is 10.1 Å². The fraction of sp³-hybridized carbons (Fsp3) is 0.875. The average molecular weight is 211 g/mol. The van der Waals surface area contributed by atoms with E-state index < -0.39 is 24.1 Å². The van der Waals surface area contributed by atoms with Crippen molar-refractivity contribution in [2.24, 2.45) is 5.92 Å². The Kier molecular flexibility index (Phi) is 3.36. The summed E-state index contributed by atoms with van der Waals surface area (Å²) in [6, 6.07) is -0.585. The van der Waals surface area contributed by atoms with Crippen molar-refractivity contribution in [2.75, 3.05) is 13.7 Å². The molecular formula is C8H12F3NO2. The molecule has 0 aromatic rings. The quantitative estimate of drug-likeness (QED) is 0.660. The number of carbonyl (C=O) groups excluding carboxylic acids is 1. The normalized spacial score (nSPS) is 28.6. The summed E-state index contributed by atoms with van der Waals surface area (Å²) in [6.45, 7) is -0.205. The summed E-state index contributed by atoms with van der Waals surface area (Å²) in [5, 5.41) is 2.53. The van der Waals surface area contributed by atoms with Crippen LogP contribution in [0, 0.1) is 5.92 Å². The predicted octanol–water partition coefficient (Wildman–Crippen LogP) is 1.09. The van der Waals surface area contributed by atoms with Gasteiger partial charge in [-0.05, 0) is 12.8 Å². The fourth-order valence-electron chi connectivity index (χ4n) is 1.48. The van der Waals surface area contributed by atoms with E-state index in [4.69, 9.17) is 0 Å². The highest BCUT2D eigenvalue weighted by Crippen LogP contribution is 2.31. The molecule has 14 heavy (non-hydrogen) atoms. The summed E-state index contributed by atoms with van der Waals surface area (Å²) in [5.74, 6) is -1.84.